The number of hydrogen-bond acceptors (Lipinski definition) is 3. The van der Waals surface area contributed by atoms with E-state index in [-0.39, 0.29) is 22.1 Å². The lowest BCUT2D eigenvalue weighted by Crippen LogP contribution is -1.94. The second kappa shape index (κ2) is 5.80. The van der Waals surface area contributed by atoms with E-state index >= 15 is 0 Å². The summed E-state index contributed by atoms with van der Waals surface area (Å²) in [6.45, 7) is 0. The van der Waals surface area contributed by atoms with Gasteiger partial charge in [-0.2, -0.15) is 10.5 Å². The van der Waals surface area contributed by atoms with E-state index in [1.165, 1.54) is 12.8 Å². The molecule has 14 heavy (non-hydrogen) atoms. The minimum absolute atomic E-state index is 0.000571. The Kier molecular flexibility index (Phi) is 4.65. The van der Waals surface area contributed by atoms with Crippen molar-refractivity contribution in [2.24, 2.45) is 4.36 Å². The summed E-state index contributed by atoms with van der Waals surface area (Å²) in [4.78, 5) is 0. The van der Waals surface area contributed by atoms with Crippen molar-refractivity contribution in [1.82, 2.24) is 0 Å². The Balaban J connectivity index is 2.93. The molecule has 0 aromatic heterocycles. The van der Waals surface area contributed by atoms with Crippen molar-refractivity contribution >= 4 is 22.3 Å². The SMILES string of the molecule is N#CC(C#N)=C(CCl)N=S1CCCC1. The monoisotopic (exact) mass is 227 g/mol. The molecule has 0 saturated carbocycles. The number of halogens is 1. The third-order valence-electron chi connectivity index (χ3n) is 1.89. The van der Waals surface area contributed by atoms with Crippen molar-refractivity contribution in [2.75, 3.05) is 17.4 Å². The highest BCUT2D eigenvalue weighted by molar-refractivity contribution is 7.87. The van der Waals surface area contributed by atoms with Gasteiger partial charge in [0.1, 0.15) is 12.1 Å². The molecule has 0 aromatic carbocycles. The highest BCUT2D eigenvalue weighted by Crippen LogP contribution is 2.14. The zero-order valence-corrected chi connectivity index (χ0v) is 9.24. The molecule has 1 heterocycles. The van der Waals surface area contributed by atoms with Crippen LogP contribution in [0.1, 0.15) is 12.8 Å². The van der Waals surface area contributed by atoms with Gasteiger partial charge >= 0.3 is 0 Å². The minimum atomic E-state index is -0.000571. The molecule has 1 aliphatic rings. The van der Waals surface area contributed by atoms with E-state index in [9.17, 15) is 0 Å². The van der Waals surface area contributed by atoms with Crippen LogP contribution in [-0.4, -0.2) is 17.4 Å². The summed E-state index contributed by atoms with van der Waals surface area (Å²) in [6, 6.07) is 3.64. The Hall–Kier alpha value is -0.840. The molecule has 0 aromatic rings. The molecule has 5 heteroatoms. The van der Waals surface area contributed by atoms with E-state index in [4.69, 9.17) is 22.1 Å². The number of hydrogen-bond donors (Lipinski definition) is 0. The fourth-order valence-electron chi connectivity index (χ4n) is 1.18. The maximum Gasteiger partial charge on any atom is 0.152 e. The lowest BCUT2D eigenvalue weighted by Gasteiger charge is -1.99. The Morgan fingerprint density at radius 1 is 1.29 bits per heavy atom. The summed E-state index contributed by atoms with van der Waals surface area (Å²) < 4.78 is 4.37. The van der Waals surface area contributed by atoms with Crippen molar-refractivity contribution < 1.29 is 0 Å². The van der Waals surface area contributed by atoms with Crippen LogP contribution < -0.4 is 0 Å². The molecule has 1 rings (SSSR count). The Morgan fingerprint density at radius 3 is 2.29 bits per heavy atom. The first-order chi connectivity index (χ1) is 6.81. The molecule has 0 amide bonds. The van der Waals surface area contributed by atoms with Crippen molar-refractivity contribution in [3.63, 3.8) is 0 Å². The molecule has 0 unspecified atom stereocenters. The van der Waals surface area contributed by atoms with Crippen LogP contribution in [0.4, 0.5) is 0 Å². The van der Waals surface area contributed by atoms with Gasteiger partial charge in [0, 0.05) is 11.5 Å². The molecule has 1 saturated heterocycles. The molecular weight excluding hydrogens is 218 g/mol. The summed E-state index contributed by atoms with van der Waals surface area (Å²) in [6.07, 6.45) is 2.38. The first-order valence-corrected chi connectivity index (χ1v) is 6.36. The van der Waals surface area contributed by atoms with Gasteiger partial charge in [-0.05, 0) is 12.8 Å². The number of nitrogens with zero attached hydrogens (tertiary/aromatic N) is 3. The number of rotatable bonds is 2. The van der Waals surface area contributed by atoms with E-state index in [1.54, 1.807) is 0 Å². The van der Waals surface area contributed by atoms with Crippen LogP contribution in [0.25, 0.3) is 0 Å². The molecule has 0 N–H and O–H groups in total. The third kappa shape index (κ3) is 2.83. The quantitative estimate of drug-likeness (QED) is 0.536. The smallest absolute Gasteiger partial charge is 0.152 e. The summed E-state index contributed by atoms with van der Waals surface area (Å²) in [5.74, 6) is 2.30. The summed E-state index contributed by atoms with van der Waals surface area (Å²) in [5.41, 5.74) is 0.515. The molecule has 1 fully saturated rings. The summed E-state index contributed by atoms with van der Waals surface area (Å²) >= 11 is 5.65. The Morgan fingerprint density at radius 2 is 1.86 bits per heavy atom. The van der Waals surface area contributed by atoms with Gasteiger partial charge in [0.2, 0.25) is 0 Å². The van der Waals surface area contributed by atoms with Gasteiger partial charge in [-0.3, -0.25) is 0 Å². The zero-order valence-electron chi connectivity index (χ0n) is 7.66. The van der Waals surface area contributed by atoms with Gasteiger partial charge in [-0.15, -0.1) is 11.6 Å². The molecule has 0 atom stereocenters. The summed E-state index contributed by atoms with van der Waals surface area (Å²) in [7, 11) is -0.000571. The van der Waals surface area contributed by atoms with Crippen LogP contribution in [0.2, 0.25) is 0 Å². The van der Waals surface area contributed by atoms with Gasteiger partial charge in [0.25, 0.3) is 0 Å². The lowest BCUT2D eigenvalue weighted by molar-refractivity contribution is 0.949. The first kappa shape index (κ1) is 11.2. The predicted molar refractivity (Wildman–Crippen MR) is 57.7 cm³/mol. The maximum atomic E-state index is 8.66. The Bertz CT molecular complexity index is 335. The topological polar surface area (TPSA) is 59.9 Å². The van der Waals surface area contributed by atoms with Gasteiger partial charge < -0.3 is 0 Å². The largest absolute Gasteiger partial charge is 0.229 e. The molecule has 0 radical (unpaired) electrons. The van der Waals surface area contributed by atoms with E-state index < -0.39 is 0 Å². The highest BCUT2D eigenvalue weighted by atomic mass is 35.5. The van der Waals surface area contributed by atoms with Crippen molar-refractivity contribution in [1.29, 1.82) is 10.5 Å². The predicted octanol–water partition coefficient (Wildman–Crippen LogP) is 2.12. The average molecular weight is 228 g/mol. The second-order valence-electron chi connectivity index (χ2n) is 2.85. The number of alkyl halides is 1. The van der Waals surface area contributed by atoms with Gasteiger partial charge in [0.05, 0.1) is 11.6 Å². The minimum Gasteiger partial charge on any atom is -0.229 e. The highest BCUT2D eigenvalue weighted by Gasteiger charge is 2.09. The van der Waals surface area contributed by atoms with Crippen molar-refractivity contribution in [3.05, 3.63) is 11.3 Å². The van der Waals surface area contributed by atoms with Crippen LogP contribution in [0.3, 0.4) is 0 Å². The number of nitriles is 2. The number of allylic oxidation sites excluding steroid dienone is 2. The van der Waals surface area contributed by atoms with Crippen LogP contribution in [0, 0.1) is 22.7 Å². The van der Waals surface area contributed by atoms with Crippen molar-refractivity contribution in [2.45, 2.75) is 12.8 Å². The average Bonchev–Trinajstić information content (AvgIpc) is 2.70. The second-order valence-corrected chi connectivity index (χ2v) is 5.04. The van der Waals surface area contributed by atoms with E-state index in [0.717, 1.165) is 11.5 Å². The van der Waals surface area contributed by atoms with Crippen LogP contribution in [-0.2, 0) is 10.7 Å². The Labute approximate surface area is 91.1 Å². The molecule has 0 spiro atoms. The van der Waals surface area contributed by atoms with Crippen molar-refractivity contribution in [3.8, 4) is 12.1 Å². The van der Waals surface area contributed by atoms with Gasteiger partial charge in [0.15, 0.2) is 5.57 Å². The van der Waals surface area contributed by atoms with Crippen LogP contribution >= 0.6 is 11.6 Å². The molecular formula is C9H10ClN3S. The van der Waals surface area contributed by atoms with E-state index in [2.05, 4.69) is 4.36 Å². The normalized spacial score (nSPS) is 15.6. The summed E-state index contributed by atoms with van der Waals surface area (Å²) in [5, 5.41) is 17.3. The molecule has 0 aliphatic carbocycles. The molecule has 1 aliphatic heterocycles. The van der Waals surface area contributed by atoms with Gasteiger partial charge in [-0.1, -0.05) is 10.7 Å². The zero-order chi connectivity index (χ0) is 10.4. The molecule has 3 nitrogen and oxygen atoms in total. The van der Waals surface area contributed by atoms with Crippen LogP contribution in [0.5, 0.6) is 0 Å². The fourth-order valence-corrected chi connectivity index (χ4v) is 3.37. The van der Waals surface area contributed by atoms with E-state index in [1.807, 2.05) is 12.1 Å². The van der Waals surface area contributed by atoms with E-state index in [0.29, 0.717) is 5.70 Å². The fraction of sp³-hybridized carbons (Fsp3) is 0.556. The van der Waals surface area contributed by atoms with Gasteiger partial charge in [-0.25, -0.2) is 4.36 Å². The van der Waals surface area contributed by atoms with Crippen LogP contribution in [0.15, 0.2) is 15.6 Å². The lowest BCUT2D eigenvalue weighted by atomic mass is 10.3. The third-order valence-corrected chi connectivity index (χ3v) is 4.14. The first-order valence-electron chi connectivity index (χ1n) is 4.30. The molecule has 0 bridgehead atoms. The molecule has 74 valence electrons. The standard InChI is InChI=1S/C9H10ClN3S/c10-5-9(8(6-11)7-12)13-14-3-1-2-4-14/h1-5H2. The maximum absolute atomic E-state index is 8.66.